The van der Waals surface area contributed by atoms with Crippen molar-refractivity contribution in [1.82, 2.24) is 15.1 Å². The molecule has 3 rings (SSSR count). The van der Waals surface area contributed by atoms with E-state index in [0.29, 0.717) is 26.1 Å². The molecule has 2 heterocycles. The first-order chi connectivity index (χ1) is 16.7. The lowest BCUT2D eigenvalue weighted by Crippen LogP contribution is -2.40. The van der Waals surface area contributed by atoms with E-state index in [1.54, 1.807) is 9.80 Å². The van der Waals surface area contributed by atoms with Crippen LogP contribution >= 0.6 is 0 Å². The van der Waals surface area contributed by atoms with Crippen molar-refractivity contribution in [3.63, 3.8) is 0 Å². The van der Waals surface area contributed by atoms with E-state index in [1.807, 2.05) is 71.9 Å². The average molecular weight is 507 g/mol. The summed E-state index contributed by atoms with van der Waals surface area (Å²) in [5.74, 6) is 0. The zero-order chi connectivity index (χ0) is 26.9. The number of carbonyl (C=O) groups excluding carboxylic acids is 3. The molecule has 2 aliphatic rings. The first-order valence-corrected chi connectivity index (χ1v) is 12.4. The molecule has 2 fully saturated rings. The largest absolute Gasteiger partial charge is 0.445 e. The SMILES string of the molecule is CC(C)(C)OC(=O)N1CC[C@@H](N)C1.CC(C)(C)OC(=O)N1CC[C@@H](NC(=O)OCc2ccccc2)C1. The van der Waals surface area contributed by atoms with Gasteiger partial charge < -0.3 is 35.1 Å². The van der Waals surface area contributed by atoms with Gasteiger partial charge in [0.05, 0.1) is 6.04 Å². The standard InChI is InChI=1S/C17H24N2O4.C9H18N2O2/c1-17(2,3)23-16(21)19-10-9-14(11-19)18-15(20)22-12-13-7-5-4-6-8-13;1-9(2,3)13-8(12)11-5-4-7(10)6-11/h4-8,14H,9-12H2,1-3H3,(H,18,20);7H,4-6,10H2,1-3H3/t14-;7-/m11/s1. The number of likely N-dealkylation sites (tertiary alicyclic amines) is 2. The van der Waals surface area contributed by atoms with Crippen LogP contribution in [-0.4, -0.2) is 77.5 Å². The van der Waals surface area contributed by atoms with Crippen LogP contribution in [0, 0.1) is 0 Å². The fraction of sp³-hybridized carbons (Fsp3) is 0.654. The van der Waals surface area contributed by atoms with Gasteiger partial charge >= 0.3 is 18.3 Å². The van der Waals surface area contributed by atoms with Crippen LogP contribution < -0.4 is 11.1 Å². The third kappa shape index (κ3) is 11.2. The number of hydrogen-bond acceptors (Lipinski definition) is 7. The minimum Gasteiger partial charge on any atom is -0.445 e. The Kier molecular flexibility index (Phi) is 10.4. The molecule has 0 unspecified atom stereocenters. The molecule has 0 radical (unpaired) electrons. The van der Waals surface area contributed by atoms with E-state index in [9.17, 15) is 14.4 Å². The van der Waals surface area contributed by atoms with Crippen molar-refractivity contribution in [3.8, 4) is 0 Å². The maximum Gasteiger partial charge on any atom is 0.410 e. The first-order valence-electron chi connectivity index (χ1n) is 12.4. The lowest BCUT2D eigenvalue weighted by molar-refractivity contribution is 0.0281. The van der Waals surface area contributed by atoms with Gasteiger partial charge in [-0.1, -0.05) is 30.3 Å². The van der Waals surface area contributed by atoms with Crippen molar-refractivity contribution in [2.24, 2.45) is 5.73 Å². The molecule has 0 spiro atoms. The number of rotatable bonds is 3. The van der Waals surface area contributed by atoms with Gasteiger partial charge in [-0.2, -0.15) is 0 Å². The molecule has 0 aromatic heterocycles. The topological polar surface area (TPSA) is 123 Å². The summed E-state index contributed by atoms with van der Waals surface area (Å²) in [5, 5.41) is 2.79. The molecular formula is C26H42N4O6. The third-order valence-corrected chi connectivity index (χ3v) is 5.25. The maximum atomic E-state index is 12.0. The molecule has 0 aliphatic carbocycles. The second kappa shape index (κ2) is 12.8. The van der Waals surface area contributed by atoms with Crippen LogP contribution in [0.2, 0.25) is 0 Å². The Morgan fingerprint density at radius 3 is 1.92 bits per heavy atom. The van der Waals surface area contributed by atoms with Crippen molar-refractivity contribution in [1.29, 1.82) is 0 Å². The van der Waals surface area contributed by atoms with Crippen LogP contribution in [0.25, 0.3) is 0 Å². The summed E-state index contributed by atoms with van der Waals surface area (Å²) in [6, 6.07) is 9.50. The van der Waals surface area contributed by atoms with Gasteiger partial charge in [-0.05, 0) is 59.9 Å². The van der Waals surface area contributed by atoms with E-state index in [0.717, 1.165) is 18.5 Å². The number of hydrogen-bond donors (Lipinski definition) is 2. The minimum absolute atomic E-state index is 0.106. The fourth-order valence-electron chi connectivity index (χ4n) is 3.58. The zero-order valence-electron chi connectivity index (χ0n) is 22.4. The van der Waals surface area contributed by atoms with Crippen LogP contribution in [0.15, 0.2) is 30.3 Å². The normalized spacial score (nSPS) is 19.8. The van der Waals surface area contributed by atoms with Gasteiger partial charge in [0, 0.05) is 32.2 Å². The minimum atomic E-state index is -0.517. The van der Waals surface area contributed by atoms with Gasteiger partial charge in [-0.25, -0.2) is 14.4 Å². The zero-order valence-corrected chi connectivity index (χ0v) is 22.4. The molecule has 202 valence electrons. The molecule has 2 atom stereocenters. The predicted octanol–water partition coefficient (Wildman–Crippen LogP) is 3.88. The summed E-state index contributed by atoms with van der Waals surface area (Å²) >= 11 is 0. The molecule has 1 aromatic rings. The highest BCUT2D eigenvalue weighted by Crippen LogP contribution is 2.16. The second-order valence-electron chi connectivity index (χ2n) is 11.1. The van der Waals surface area contributed by atoms with E-state index in [4.69, 9.17) is 19.9 Å². The van der Waals surface area contributed by atoms with Gasteiger partial charge in [0.15, 0.2) is 0 Å². The maximum absolute atomic E-state index is 12.0. The summed E-state index contributed by atoms with van der Waals surface area (Å²) in [4.78, 5) is 38.5. The van der Waals surface area contributed by atoms with Gasteiger partial charge in [0.1, 0.15) is 17.8 Å². The molecule has 36 heavy (non-hydrogen) atoms. The molecule has 2 saturated heterocycles. The Morgan fingerprint density at radius 2 is 1.42 bits per heavy atom. The summed E-state index contributed by atoms with van der Waals surface area (Å²) in [6.45, 7) is 13.7. The van der Waals surface area contributed by atoms with Gasteiger partial charge in [-0.3, -0.25) is 0 Å². The van der Waals surface area contributed by atoms with E-state index < -0.39 is 17.3 Å². The molecule has 10 nitrogen and oxygen atoms in total. The number of carbonyl (C=O) groups is 3. The molecule has 0 bridgehead atoms. The van der Waals surface area contributed by atoms with Crippen LogP contribution in [0.4, 0.5) is 14.4 Å². The summed E-state index contributed by atoms with van der Waals surface area (Å²) < 4.78 is 15.7. The van der Waals surface area contributed by atoms with Crippen LogP contribution in [0.3, 0.4) is 0 Å². The Morgan fingerprint density at radius 1 is 0.889 bits per heavy atom. The Bertz CT molecular complexity index is 865. The second-order valence-corrected chi connectivity index (χ2v) is 11.1. The van der Waals surface area contributed by atoms with Gasteiger partial charge in [0.2, 0.25) is 0 Å². The van der Waals surface area contributed by atoms with Crippen molar-refractivity contribution in [2.45, 2.75) is 84.3 Å². The van der Waals surface area contributed by atoms with Crippen molar-refractivity contribution in [3.05, 3.63) is 35.9 Å². The summed E-state index contributed by atoms with van der Waals surface area (Å²) in [7, 11) is 0. The van der Waals surface area contributed by atoms with E-state index >= 15 is 0 Å². The van der Waals surface area contributed by atoms with Crippen molar-refractivity contribution >= 4 is 18.3 Å². The molecule has 10 heteroatoms. The monoisotopic (exact) mass is 506 g/mol. The molecular weight excluding hydrogens is 464 g/mol. The smallest absolute Gasteiger partial charge is 0.410 e. The predicted molar refractivity (Wildman–Crippen MR) is 136 cm³/mol. The van der Waals surface area contributed by atoms with Gasteiger partial charge in [-0.15, -0.1) is 0 Å². The number of amides is 3. The quantitative estimate of drug-likeness (QED) is 0.596. The Hall–Kier alpha value is -3.01. The molecule has 1 aromatic carbocycles. The van der Waals surface area contributed by atoms with Crippen LogP contribution in [-0.2, 0) is 20.8 Å². The highest BCUT2D eigenvalue weighted by atomic mass is 16.6. The van der Waals surface area contributed by atoms with Crippen LogP contribution in [0.5, 0.6) is 0 Å². The first kappa shape index (κ1) is 29.2. The molecule has 3 N–H and O–H groups in total. The number of nitrogens with zero attached hydrogens (tertiary/aromatic N) is 2. The number of nitrogens with two attached hydrogens (primary N) is 1. The lowest BCUT2D eigenvalue weighted by Gasteiger charge is -2.24. The number of benzene rings is 1. The van der Waals surface area contributed by atoms with E-state index in [1.165, 1.54) is 0 Å². The van der Waals surface area contributed by atoms with E-state index in [-0.39, 0.29) is 30.9 Å². The highest BCUT2D eigenvalue weighted by Gasteiger charge is 2.31. The molecule has 0 saturated carbocycles. The number of nitrogens with one attached hydrogen (secondary N) is 1. The summed E-state index contributed by atoms with van der Waals surface area (Å²) in [6.07, 6.45) is 0.503. The molecule has 2 aliphatic heterocycles. The lowest BCUT2D eigenvalue weighted by atomic mass is 10.2. The number of alkyl carbamates (subject to hydrolysis) is 1. The Balaban J connectivity index is 0.000000297. The highest BCUT2D eigenvalue weighted by molar-refractivity contribution is 5.70. The van der Waals surface area contributed by atoms with E-state index in [2.05, 4.69) is 5.32 Å². The average Bonchev–Trinajstić information content (AvgIpc) is 3.40. The van der Waals surface area contributed by atoms with Crippen molar-refractivity contribution < 1.29 is 28.6 Å². The van der Waals surface area contributed by atoms with Crippen molar-refractivity contribution in [2.75, 3.05) is 26.2 Å². The Labute approximate surface area is 214 Å². The fourth-order valence-corrected chi connectivity index (χ4v) is 3.58. The van der Waals surface area contributed by atoms with Crippen LogP contribution in [0.1, 0.15) is 59.9 Å². The molecule has 3 amide bonds. The summed E-state index contributed by atoms with van der Waals surface area (Å²) in [5.41, 5.74) is 5.68. The third-order valence-electron chi connectivity index (χ3n) is 5.25. The number of ether oxygens (including phenoxy) is 3. The van der Waals surface area contributed by atoms with Gasteiger partial charge in [0.25, 0.3) is 0 Å².